The molecule has 118 valence electrons. The molecular formula is C18H11ClFN3O. The molecule has 0 unspecified atom stereocenters. The Bertz CT molecular complexity index is 1020. The number of hydrogen-bond acceptors (Lipinski definition) is 4. The van der Waals surface area contributed by atoms with E-state index in [-0.39, 0.29) is 5.02 Å². The SMILES string of the molecule is Fc1ccc(Nc2ncnc3ccc(-c4ccco4)cc23)cc1Cl. The smallest absolute Gasteiger partial charge is 0.141 e. The molecular weight excluding hydrogens is 329 g/mol. The Hall–Kier alpha value is -2.92. The summed E-state index contributed by atoms with van der Waals surface area (Å²) in [6.07, 6.45) is 3.10. The summed E-state index contributed by atoms with van der Waals surface area (Å²) in [5, 5.41) is 4.03. The lowest BCUT2D eigenvalue weighted by molar-refractivity contribution is 0.582. The maximum Gasteiger partial charge on any atom is 0.141 e. The van der Waals surface area contributed by atoms with Crippen LogP contribution in [0.2, 0.25) is 5.02 Å². The molecule has 0 fully saturated rings. The van der Waals surface area contributed by atoms with Crippen LogP contribution in [0.1, 0.15) is 0 Å². The van der Waals surface area contributed by atoms with Crippen LogP contribution < -0.4 is 5.32 Å². The van der Waals surface area contributed by atoms with Gasteiger partial charge in [0.1, 0.15) is 23.7 Å². The maximum atomic E-state index is 13.3. The molecule has 2 heterocycles. The fourth-order valence-electron chi connectivity index (χ4n) is 2.46. The molecule has 0 spiro atoms. The molecule has 0 bridgehead atoms. The Kier molecular flexibility index (Phi) is 3.63. The molecule has 0 aliphatic rings. The first-order chi connectivity index (χ1) is 11.7. The number of hydrogen-bond donors (Lipinski definition) is 1. The van der Waals surface area contributed by atoms with Gasteiger partial charge in [-0.1, -0.05) is 11.6 Å². The summed E-state index contributed by atoms with van der Waals surface area (Å²) in [5.74, 6) is 0.905. The Morgan fingerprint density at radius 3 is 2.75 bits per heavy atom. The topological polar surface area (TPSA) is 51.0 Å². The van der Waals surface area contributed by atoms with Gasteiger partial charge < -0.3 is 9.73 Å². The lowest BCUT2D eigenvalue weighted by Crippen LogP contribution is -1.96. The summed E-state index contributed by atoms with van der Waals surface area (Å²) in [4.78, 5) is 8.56. The zero-order chi connectivity index (χ0) is 16.5. The van der Waals surface area contributed by atoms with Crippen molar-refractivity contribution in [2.75, 3.05) is 5.32 Å². The minimum absolute atomic E-state index is 0.0506. The van der Waals surface area contributed by atoms with E-state index in [0.717, 1.165) is 22.2 Å². The predicted molar refractivity (Wildman–Crippen MR) is 91.9 cm³/mol. The largest absolute Gasteiger partial charge is 0.464 e. The van der Waals surface area contributed by atoms with E-state index in [1.54, 1.807) is 12.3 Å². The number of rotatable bonds is 3. The van der Waals surface area contributed by atoms with E-state index in [4.69, 9.17) is 16.0 Å². The third kappa shape index (κ3) is 2.70. The summed E-state index contributed by atoms with van der Waals surface area (Å²) in [5.41, 5.74) is 2.35. The lowest BCUT2D eigenvalue weighted by atomic mass is 10.1. The highest BCUT2D eigenvalue weighted by Gasteiger charge is 2.09. The fourth-order valence-corrected chi connectivity index (χ4v) is 2.64. The third-order valence-corrected chi connectivity index (χ3v) is 3.91. The van der Waals surface area contributed by atoms with E-state index in [1.165, 1.54) is 18.5 Å². The van der Waals surface area contributed by atoms with Crippen molar-refractivity contribution in [3.8, 4) is 11.3 Å². The monoisotopic (exact) mass is 339 g/mol. The van der Waals surface area contributed by atoms with Crippen LogP contribution in [0.15, 0.2) is 65.5 Å². The van der Waals surface area contributed by atoms with Gasteiger partial charge in [-0.05, 0) is 48.5 Å². The van der Waals surface area contributed by atoms with Crippen molar-refractivity contribution >= 4 is 34.0 Å². The molecule has 4 nitrogen and oxygen atoms in total. The van der Waals surface area contributed by atoms with Gasteiger partial charge in [-0.3, -0.25) is 0 Å². The molecule has 0 aliphatic carbocycles. The molecule has 0 radical (unpaired) electrons. The van der Waals surface area contributed by atoms with Crippen LogP contribution in [-0.2, 0) is 0 Å². The average Bonchev–Trinajstić information content (AvgIpc) is 3.13. The van der Waals surface area contributed by atoms with Crippen LogP contribution in [0.4, 0.5) is 15.9 Å². The molecule has 0 amide bonds. The zero-order valence-electron chi connectivity index (χ0n) is 12.3. The summed E-state index contributed by atoms with van der Waals surface area (Å²) >= 11 is 5.83. The third-order valence-electron chi connectivity index (χ3n) is 3.62. The van der Waals surface area contributed by atoms with Crippen molar-refractivity contribution in [2.24, 2.45) is 0 Å². The molecule has 2 aromatic carbocycles. The van der Waals surface area contributed by atoms with E-state index in [9.17, 15) is 4.39 Å². The van der Waals surface area contributed by atoms with E-state index in [1.807, 2.05) is 30.3 Å². The number of benzene rings is 2. The van der Waals surface area contributed by atoms with Crippen molar-refractivity contribution < 1.29 is 8.81 Å². The number of anilines is 2. The van der Waals surface area contributed by atoms with E-state index in [0.29, 0.717) is 11.5 Å². The molecule has 24 heavy (non-hydrogen) atoms. The lowest BCUT2D eigenvalue weighted by Gasteiger charge is -2.09. The minimum atomic E-state index is -0.463. The minimum Gasteiger partial charge on any atom is -0.464 e. The summed E-state index contributed by atoms with van der Waals surface area (Å²) in [6.45, 7) is 0. The first kappa shape index (κ1) is 14.7. The van der Waals surface area contributed by atoms with Crippen LogP contribution >= 0.6 is 11.6 Å². The zero-order valence-corrected chi connectivity index (χ0v) is 13.1. The first-order valence-corrected chi connectivity index (χ1v) is 7.59. The second-order valence-corrected chi connectivity index (χ2v) is 5.59. The van der Waals surface area contributed by atoms with Gasteiger partial charge in [0.2, 0.25) is 0 Å². The first-order valence-electron chi connectivity index (χ1n) is 7.21. The predicted octanol–water partition coefficient (Wildman–Crippen LogP) is 5.43. The summed E-state index contributed by atoms with van der Waals surface area (Å²) in [7, 11) is 0. The number of fused-ring (bicyclic) bond motifs is 1. The normalized spacial score (nSPS) is 10.9. The van der Waals surface area contributed by atoms with Gasteiger partial charge in [-0.25, -0.2) is 14.4 Å². The molecule has 0 atom stereocenters. The Labute approximate surface area is 141 Å². The van der Waals surface area contributed by atoms with E-state index < -0.39 is 5.82 Å². The molecule has 6 heteroatoms. The molecule has 4 rings (SSSR count). The summed E-state index contributed by atoms with van der Waals surface area (Å²) < 4.78 is 18.7. The van der Waals surface area contributed by atoms with Gasteiger partial charge in [0, 0.05) is 16.6 Å². The van der Waals surface area contributed by atoms with Gasteiger partial charge in [0.05, 0.1) is 16.8 Å². The van der Waals surface area contributed by atoms with Gasteiger partial charge in [-0.15, -0.1) is 0 Å². The van der Waals surface area contributed by atoms with Crippen molar-refractivity contribution in [3.63, 3.8) is 0 Å². The highest BCUT2D eigenvalue weighted by atomic mass is 35.5. The highest BCUT2D eigenvalue weighted by Crippen LogP contribution is 2.29. The standard InChI is InChI=1S/C18H11ClFN3O/c19-14-9-12(4-5-15(14)20)23-18-13-8-11(17-2-1-7-24-17)3-6-16(13)21-10-22-18/h1-10H,(H,21,22,23). The second kappa shape index (κ2) is 5.94. The molecule has 4 aromatic rings. The van der Waals surface area contributed by atoms with Gasteiger partial charge >= 0.3 is 0 Å². The number of halogens is 2. The molecule has 2 aromatic heterocycles. The van der Waals surface area contributed by atoms with Crippen molar-refractivity contribution in [1.29, 1.82) is 0 Å². The quantitative estimate of drug-likeness (QED) is 0.541. The van der Waals surface area contributed by atoms with Gasteiger partial charge in [-0.2, -0.15) is 0 Å². The van der Waals surface area contributed by atoms with Gasteiger partial charge in [0.25, 0.3) is 0 Å². The number of furan rings is 1. The number of nitrogens with one attached hydrogen (secondary N) is 1. The van der Waals surface area contributed by atoms with Crippen molar-refractivity contribution in [1.82, 2.24) is 9.97 Å². The molecule has 0 saturated heterocycles. The van der Waals surface area contributed by atoms with Crippen LogP contribution in [-0.4, -0.2) is 9.97 Å². The molecule has 1 N–H and O–H groups in total. The van der Waals surface area contributed by atoms with Crippen molar-refractivity contribution in [2.45, 2.75) is 0 Å². The fraction of sp³-hybridized carbons (Fsp3) is 0. The second-order valence-electron chi connectivity index (χ2n) is 5.19. The maximum absolute atomic E-state index is 13.3. The van der Waals surface area contributed by atoms with Gasteiger partial charge in [0.15, 0.2) is 0 Å². The van der Waals surface area contributed by atoms with Crippen LogP contribution in [0.3, 0.4) is 0 Å². The van der Waals surface area contributed by atoms with Crippen LogP contribution in [0, 0.1) is 5.82 Å². The summed E-state index contributed by atoms with van der Waals surface area (Å²) in [6, 6.07) is 13.9. The van der Waals surface area contributed by atoms with Crippen LogP contribution in [0.25, 0.3) is 22.2 Å². The van der Waals surface area contributed by atoms with E-state index >= 15 is 0 Å². The van der Waals surface area contributed by atoms with Crippen molar-refractivity contribution in [3.05, 3.63) is 72.0 Å². The Morgan fingerprint density at radius 2 is 1.96 bits per heavy atom. The average molecular weight is 340 g/mol. The number of aromatic nitrogens is 2. The Morgan fingerprint density at radius 1 is 1.04 bits per heavy atom. The Balaban J connectivity index is 1.79. The van der Waals surface area contributed by atoms with Crippen LogP contribution in [0.5, 0.6) is 0 Å². The molecule has 0 saturated carbocycles. The number of nitrogens with zero attached hydrogens (tertiary/aromatic N) is 2. The van der Waals surface area contributed by atoms with E-state index in [2.05, 4.69) is 15.3 Å². The molecule has 0 aliphatic heterocycles. The highest BCUT2D eigenvalue weighted by molar-refractivity contribution is 6.31.